The summed E-state index contributed by atoms with van der Waals surface area (Å²) >= 11 is 6.42. The first-order valence-corrected chi connectivity index (χ1v) is 7.24. The highest BCUT2D eigenvalue weighted by Gasteiger charge is 2.26. The van der Waals surface area contributed by atoms with Crippen molar-refractivity contribution >= 4 is 40.1 Å². The van der Waals surface area contributed by atoms with Crippen molar-refractivity contribution in [1.82, 2.24) is 4.98 Å². The van der Waals surface area contributed by atoms with Gasteiger partial charge in [0.05, 0.1) is 28.4 Å². The van der Waals surface area contributed by atoms with Crippen molar-refractivity contribution in [3.05, 3.63) is 29.1 Å². The minimum atomic E-state index is -0.152. The van der Waals surface area contributed by atoms with Crippen LogP contribution in [0, 0.1) is 0 Å². The number of aromatic nitrogens is 1. The summed E-state index contributed by atoms with van der Waals surface area (Å²) in [6.45, 7) is 0.219. The molecule has 1 aromatic carbocycles. The summed E-state index contributed by atoms with van der Waals surface area (Å²) in [5.74, 6) is 0.501. The Kier molecular flexibility index (Phi) is 3.37. The fourth-order valence-corrected chi connectivity index (χ4v) is 2.74. The lowest BCUT2D eigenvalue weighted by atomic mass is 10.1. The minimum absolute atomic E-state index is 0.00562. The number of anilines is 1. The van der Waals surface area contributed by atoms with Crippen molar-refractivity contribution in [2.75, 3.05) is 18.1 Å². The van der Waals surface area contributed by atoms with Crippen LogP contribution >= 0.6 is 23.6 Å². The van der Waals surface area contributed by atoms with Crippen molar-refractivity contribution < 1.29 is 9.53 Å². The third kappa shape index (κ3) is 2.37. The van der Waals surface area contributed by atoms with Gasteiger partial charge in [-0.05, 0) is 18.2 Å². The summed E-state index contributed by atoms with van der Waals surface area (Å²) in [7, 11) is 0. The van der Waals surface area contributed by atoms with Gasteiger partial charge in [0.25, 0.3) is 5.91 Å². The molecule has 0 atom stereocenters. The predicted molar refractivity (Wildman–Crippen MR) is 82.2 cm³/mol. The van der Waals surface area contributed by atoms with Gasteiger partial charge in [0.15, 0.2) is 6.61 Å². The largest absolute Gasteiger partial charge is 0.482 e. The molecule has 2 heterocycles. The lowest BCUT2D eigenvalue weighted by Crippen LogP contribution is -2.43. The van der Waals surface area contributed by atoms with Crippen LogP contribution in [0.15, 0.2) is 29.1 Å². The minimum Gasteiger partial charge on any atom is -0.482 e. The monoisotopic (exact) mass is 305 g/mol. The predicted octanol–water partition coefficient (Wildman–Crippen LogP) is 1.82. The molecule has 1 amide bonds. The molecule has 2 aromatic rings. The zero-order chi connectivity index (χ0) is 14.1. The molecular formula is C13H11N3O2S2. The Balaban J connectivity index is 2.05. The quantitative estimate of drug-likeness (QED) is 0.876. The first kappa shape index (κ1) is 13.0. The van der Waals surface area contributed by atoms with E-state index < -0.39 is 0 Å². The van der Waals surface area contributed by atoms with E-state index in [0.29, 0.717) is 11.4 Å². The number of ether oxygens (including phenoxy) is 1. The van der Waals surface area contributed by atoms with Gasteiger partial charge in [-0.2, -0.15) is 0 Å². The molecule has 0 saturated carbocycles. The van der Waals surface area contributed by atoms with Crippen LogP contribution in [0.5, 0.6) is 5.75 Å². The standard InChI is InChI=1S/C13H11N3O2S2/c14-12(19)4-16-10-3-8(9-6-20-7-15-9)1-2-11(10)18-5-13(16)17/h1-3,6-7H,4-5H2,(H2,14,19). The Morgan fingerprint density at radius 2 is 2.40 bits per heavy atom. The van der Waals surface area contributed by atoms with Crippen LogP contribution in [0.3, 0.4) is 0 Å². The highest BCUT2D eigenvalue weighted by molar-refractivity contribution is 7.80. The second-order valence-corrected chi connectivity index (χ2v) is 5.53. The molecule has 7 heteroatoms. The number of benzene rings is 1. The lowest BCUT2D eigenvalue weighted by molar-refractivity contribution is -0.121. The fourth-order valence-electron chi connectivity index (χ4n) is 2.05. The van der Waals surface area contributed by atoms with Crippen LogP contribution in [0.1, 0.15) is 0 Å². The second kappa shape index (κ2) is 5.18. The summed E-state index contributed by atoms with van der Waals surface area (Å²) < 4.78 is 5.43. The molecule has 0 bridgehead atoms. The summed E-state index contributed by atoms with van der Waals surface area (Å²) in [6, 6.07) is 5.63. The third-order valence-electron chi connectivity index (χ3n) is 2.94. The van der Waals surface area contributed by atoms with Crippen molar-refractivity contribution in [2.24, 2.45) is 5.73 Å². The number of amides is 1. The van der Waals surface area contributed by atoms with Crippen LogP contribution in [0.2, 0.25) is 0 Å². The van der Waals surface area contributed by atoms with Crippen molar-refractivity contribution in [3.8, 4) is 17.0 Å². The molecule has 0 saturated heterocycles. The zero-order valence-electron chi connectivity index (χ0n) is 10.4. The van der Waals surface area contributed by atoms with Gasteiger partial charge in [0, 0.05) is 10.9 Å². The Morgan fingerprint density at radius 1 is 1.55 bits per heavy atom. The third-order valence-corrected chi connectivity index (χ3v) is 3.66. The lowest BCUT2D eigenvalue weighted by Gasteiger charge is -2.29. The summed E-state index contributed by atoms with van der Waals surface area (Å²) in [5.41, 5.74) is 9.80. The van der Waals surface area contributed by atoms with Gasteiger partial charge in [-0.15, -0.1) is 11.3 Å². The van der Waals surface area contributed by atoms with Gasteiger partial charge in [-0.1, -0.05) is 12.2 Å². The molecule has 3 rings (SSSR count). The van der Waals surface area contributed by atoms with E-state index in [1.807, 2.05) is 23.6 Å². The number of fused-ring (bicyclic) bond motifs is 1. The van der Waals surface area contributed by atoms with Crippen molar-refractivity contribution in [3.63, 3.8) is 0 Å². The van der Waals surface area contributed by atoms with Crippen LogP contribution in [0.4, 0.5) is 5.69 Å². The maximum absolute atomic E-state index is 12.0. The van der Waals surface area contributed by atoms with Crippen LogP contribution in [0.25, 0.3) is 11.3 Å². The number of thiocarbonyl (C=S) groups is 1. The maximum Gasteiger partial charge on any atom is 0.265 e. The van der Waals surface area contributed by atoms with Gasteiger partial charge in [0.2, 0.25) is 0 Å². The molecular weight excluding hydrogens is 294 g/mol. The van der Waals surface area contributed by atoms with Gasteiger partial charge in [0.1, 0.15) is 5.75 Å². The van der Waals surface area contributed by atoms with Gasteiger partial charge >= 0.3 is 0 Å². The molecule has 0 unspecified atom stereocenters. The van der Waals surface area contributed by atoms with E-state index >= 15 is 0 Å². The highest BCUT2D eigenvalue weighted by atomic mass is 32.1. The summed E-state index contributed by atoms with van der Waals surface area (Å²) in [6.07, 6.45) is 0. The van der Waals surface area contributed by atoms with E-state index in [1.165, 1.54) is 11.3 Å². The number of rotatable bonds is 3. The average molecular weight is 305 g/mol. The van der Waals surface area contributed by atoms with E-state index in [-0.39, 0.29) is 24.0 Å². The molecule has 0 fully saturated rings. The number of nitrogens with two attached hydrogens (primary N) is 1. The molecule has 1 aliphatic rings. The van der Waals surface area contributed by atoms with Crippen LogP contribution < -0.4 is 15.4 Å². The number of carbonyl (C=O) groups is 1. The van der Waals surface area contributed by atoms with Crippen molar-refractivity contribution in [1.29, 1.82) is 0 Å². The normalized spacial score (nSPS) is 13.8. The summed E-state index contributed by atoms with van der Waals surface area (Å²) in [4.78, 5) is 18.0. The number of thiazole rings is 1. The number of hydrogen-bond donors (Lipinski definition) is 1. The molecule has 1 aliphatic heterocycles. The van der Waals surface area contributed by atoms with E-state index in [0.717, 1.165) is 11.3 Å². The van der Waals surface area contributed by atoms with E-state index in [2.05, 4.69) is 4.98 Å². The first-order valence-electron chi connectivity index (χ1n) is 5.89. The molecule has 1 aromatic heterocycles. The SMILES string of the molecule is NC(=S)CN1C(=O)COc2ccc(-c3cscn3)cc21. The average Bonchev–Trinajstić information content (AvgIpc) is 2.95. The van der Waals surface area contributed by atoms with Gasteiger partial charge < -0.3 is 10.5 Å². The Hall–Kier alpha value is -1.99. The molecule has 5 nitrogen and oxygen atoms in total. The summed E-state index contributed by atoms with van der Waals surface area (Å²) in [5, 5.41) is 1.95. The smallest absolute Gasteiger partial charge is 0.265 e. The first-order chi connectivity index (χ1) is 9.65. The zero-order valence-corrected chi connectivity index (χ0v) is 12.0. The molecule has 0 spiro atoms. The van der Waals surface area contributed by atoms with E-state index in [9.17, 15) is 4.79 Å². The van der Waals surface area contributed by atoms with Gasteiger partial charge in [-0.3, -0.25) is 9.69 Å². The van der Waals surface area contributed by atoms with Crippen molar-refractivity contribution in [2.45, 2.75) is 0 Å². The van der Waals surface area contributed by atoms with Gasteiger partial charge in [-0.25, -0.2) is 4.98 Å². The van der Waals surface area contributed by atoms with E-state index in [4.69, 9.17) is 22.7 Å². The van der Waals surface area contributed by atoms with E-state index in [1.54, 1.807) is 10.4 Å². The van der Waals surface area contributed by atoms with Crippen LogP contribution in [-0.2, 0) is 4.79 Å². The second-order valence-electron chi connectivity index (χ2n) is 4.29. The molecule has 0 radical (unpaired) electrons. The maximum atomic E-state index is 12.0. The number of carbonyl (C=O) groups excluding carboxylic acids is 1. The van der Waals surface area contributed by atoms with Crippen LogP contribution in [-0.4, -0.2) is 29.0 Å². The molecule has 0 aliphatic carbocycles. The topological polar surface area (TPSA) is 68.5 Å². The number of nitrogens with zero attached hydrogens (tertiary/aromatic N) is 2. The Labute approximate surface area is 125 Å². The highest BCUT2D eigenvalue weighted by Crippen LogP contribution is 2.35. The molecule has 20 heavy (non-hydrogen) atoms. The Morgan fingerprint density at radius 3 is 3.10 bits per heavy atom. The fraction of sp³-hybridized carbons (Fsp3) is 0.154. The molecule has 2 N–H and O–H groups in total. The Bertz CT molecular complexity index is 670. The molecule has 102 valence electrons. The number of hydrogen-bond acceptors (Lipinski definition) is 5.